The van der Waals surface area contributed by atoms with E-state index in [4.69, 9.17) is 27.4 Å². The van der Waals surface area contributed by atoms with Gasteiger partial charge in [0.25, 0.3) is 5.91 Å². The smallest absolute Gasteiger partial charge is 0.260 e. The normalized spacial score (nSPS) is 10.1. The molecule has 5 nitrogen and oxygen atoms in total. The van der Waals surface area contributed by atoms with Gasteiger partial charge < -0.3 is 20.1 Å². The molecule has 0 aliphatic carbocycles. The first-order valence-corrected chi connectivity index (χ1v) is 6.79. The second kappa shape index (κ2) is 8.50. The lowest BCUT2D eigenvalue weighted by atomic mass is 10.2. The standard InChI is InChI=1S/C14H20N2O3S/c1-3-18-9-8-16(2)13(17)10-19-12-6-4-11(5-7-12)14(15)20/h4-7H,3,8-10H2,1-2H3,(H2,15,20). The van der Waals surface area contributed by atoms with Crippen LogP contribution in [-0.2, 0) is 9.53 Å². The number of likely N-dealkylation sites (N-methyl/N-ethyl adjacent to an activating group) is 1. The minimum atomic E-state index is -0.0943. The predicted octanol–water partition coefficient (Wildman–Crippen LogP) is 1.19. The number of amides is 1. The van der Waals surface area contributed by atoms with E-state index in [2.05, 4.69) is 0 Å². The molecule has 0 aliphatic rings. The van der Waals surface area contributed by atoms with Crippen LogP contribution in [0, 0.1) is 0 Å². The van der Waals surface area contributed by atoms with Crippen LogP contribution in [0.15, 0.2) is 24.3 Å². The Kier molecular flexibility index (Phi) is 6.97. The first-order valence-electron chi connectivity index (χ1n) is 6.39. The highest BCUT2D eigenvalue weighted by molar-refractivity contribution is 7.80. The molecule has 0 bridgehead atoms. The van der Waals surface area contributed by atoms with Crippen molar-refractivity contribution >= 4 is 23.1 Å². The lowest BCUT2D eigenvalue weighted by Crippen LogP contribution is -2.34. The fourth-order valence-electron chi connectivity index (χ4n) is 1.44. The molecular weight excluding hydrogens is 276 g/mol. The van der Waals surface area contributed by atoms with E-state index in [1.54, 1.807) is 36.2 Å². The molecule has 0 saturated heterocycles. The molecule has 0 fully saturated rings. The number of ether oxygens (including phenoxy) is 2. The third-order valence-electron chi connectivity index (χ3n) is 2.70. The SMILES string of the molecule is CCOCCN(C)C(=O)COc1ccc(C(N)=S)cc1. The van der Waals surface area contributed by atoms with Crippen LogP contribution in [0.25, 0.3) is 0 Å². The zero-order valence-corrected chi connectivity index (χ0v) is 12.6. The van der Waals surface area contributed by atoms with Gasteiger partial charge in [0.05, 0.1) is 6.61 Å². The first kappa shape index (κ1) is 16.4. The monoisotopic (exact) mass is 296 g/mol. The van der Waals surface area contributed by atoms with E-state index in [0.29, 0.717) is 30.5 Å². The van der Waals surface area contributed by atoms with Crippen molar-refractivity contribution in [2.45, 2.75) is 6.92 Å². The number of nitrogens with zero attached hydrogens (tertiary/aromatic N) is 1. The van der Waals surface area contributed by atoms with Gasteiger partial charge in [-0.15, -0.1) is 0 Å². The molecule has 2 N–H and O–H groups in total. The van der Waals surface area contributed by atoms with Crippen LogP contribution in [0.4, 0.5) is 0 Å². The molecule has 0 atom stereocenters. The molecule has 0 heterocycles. The van der Waals surface area contributed by atoms with Crippen LogP contribution < -0.4 is 10.5 Å². The van der Waals surface area contributed by atoms with E-state index in [-0.39, 0.29) is 12.5 Å². The van der Waals surface area contributed by atoms with Crippen molar-refractivity contribution in [3.8, 4) is 5.75 Å². The Labute approximate surface area is 124 Å². The molecular formula is C14H20N2O3S. The number of carbonyl (C=O) groups is 1. The number of thiocarbonyl (C=S) groups is 1. The minimum absolute atomic E-state index is 0.00492. The molecule has 110 valence electrons. The quantitative estimate of drug-likeness (QED) is 0.577. The average Bonchev–Trinajstić information content (AvgIpc) is 2.45. The number of carbonyl (C=O) groups excluding carboxylic acids is 1. The molecule has 0 saturated carbocycles. The average molecular weight is 296 g/mol. The lowest BCUT2D eigenvalue weighted by molar-refractivity contribution is -0.132. The summed E-state index contributed by atoms with van der Waals surface area (Å²) < 4.78 is 10.6. The zero-order chi connectivity index (χ0) is 15.0. The molecule has 1 amide bonds. The second-order valence-electron chi connectivity index (χ2n) is 4.19. The number of hydrogen-bond donors (Lipinski definition) is 1. The zero-order valence-electron chi connectivity index (χ0n) is 11.8. The summed E-state index contributed by atoms with van der Waals surface area (Å²) in [5.41, 5.74) is 6.27. The number of hydrogen-bond acceptors (Lipinski definition) is 4. The third-order valence-corrected chi connectivity index (χ3v) is 2.94. The fourth-order valence-corrected chi connectivity index (χ4v) is 1.58. The molecule has 0 aliphatic heterocycles. The van der Waals surface area contributed by atoms with Crippen molar-refractivity contribution in [1.29, 1.82) is 0 Å². The maximum atomic E-state index is 11.8. The summed E-state index contributed by atoms with van der Waals surface area (Å²) in [6.07, 6.45) is 0. The van der Waals surface area contributed by atoms with Gasteiger partial charge in [0, 0.05) is 25.8 Å². The van der Waals surface area contributed by atoms with Crippen molar-refractivity contribution in [1.82, 2.24) is 4.90 Å². The number of rotatable bonds is 8. The molecule has 1 rings (SSSR count). The summed E-state index contributed by atoms with van der Waals surface area (Å²) in [7, 11) is 1.72. The van der Waals surface area contributed by atoms with Gasteiger partial charge in [0.1, 0.15) is 10.7 Å². The van der Waals surface area contributed by atoms with Crippen molar-refractivity contribution in [2.75, 3.05) is 33.4 Å². The topological polar surface area (TPSA) is 64.8 Å². The van der Waals surface area contributed by atoms with Gasteiger partial charge in [-0.05, 0) is 31.2 Å². The van der Waals surface area contributed by atoms with E-state index in [0.717, 1.165) is 5.56 Å². The summed E-state index contributed by atoms with van der Waals surface area (Å²) in [5.74, 6) is 0.514. The molecule has 0 spiro atoms. The van der Waals surface area contributed by atoms with Gasteiger partial charge in [-0.1, -0.05) is 12.2 Å². The summed E-state index contributed by atoms with van der Waals surface area (Å²) >= 11 is 4.86. The van der Waals surface area contributed by atoms with E-state index < -0.39 is 0 Å². The Hall–Kier alpha value is -1.66. The number of benzene rings is 1. The van der Waals surface area contributed by atoms with Gasteiger partial charge in [0.15, 0.2) is 6.61 Å². The van der Waals surface area contributed by atoms with E-state index in [1.807, 2.05) is 6.92 Å². The van der Waals surface area contributed by atoms with Crippen LogP contribution in [0.5, 0.6) is 5.75 Å². The third kappa shape index (κ3) is 5.54. The van der Waals surface area contributed by atoms with Crippen molar-refractivity contribution in [3.05, 3.63) is 29.8 Å². The van der Waals surface area contributed by atoms with E-state index >= 15 is 0 Å². The van der Waals surface area contributed by atoms with Gasteiger partial charge in [-0.2, -0.15) is 0 Å². The summed E-state index contributed by atoms with van der Waals surface area (Å²) in [4.78, 5) is 13.7. The fraction of sp³-hybridized carbons (Fsp3) is 0.429. The summed E-state index contributed by atoms with van der Waals surface area (Å²) in [5, 5.41) is 0. The highest BCUT2D eigenvalue weighted by Gasteiger charge is 2.09. The van der Waals surface area contributed by atoms with Gasteiger partial charge in [-0.3, -0.25) is 4.79 Å². The Morgan fingerprint density at radius 1 is 1.35 bits per heavy atom. The summed E-state index contributed by atoms with van der Waals surface area (Å²) in [6.45, 7) is 3.64. The minimum Gasteiger partial charge on any atom is -0.484 e. The van der Waals surface area contributed by atoms with Crippen LogP contribution >= 0.6 is 12.2 Å². The van der Waals surface area contributed by atoms with E-state index in [1.165, 1.54) is 0 Å². The van der Waals surface area contributed by atoms with Crippen LogP contribution in [0.2, 0.25) is 0 Å². The molecule has 0 aromatic heterocycles. The molecule has 0 unspecified atom stereocenters. The largest absolute Gasteiger partial charge is 0.484 e. The van der Waals surface area contributed by atoms with E-state index in [9.17, 15) is 4.79 Å². The van der Waals surface area contributed by atoms with Crippen LogP contribution in [0.3, 0.4) is 0 Å². The Morgan fingerprint density at radius 3 is 2.55 bits per heavy atom. The maximum absolute atomic E-state index is 11.8. The van der Waals surface area contributed by atoms with Gasteiger partial charge in [0.2, 0.25) is 0 Å². The maximum Gasteiger partial charge on any atom is 0.260 e. The second-order valence-corrected chi connectivity index (χ2v) is 4.63. The molecule has 6 heteroatoms. The predicted molar refractivity (Wildman–Crippen MR) is 82.0 cm³/mol. The van der Waals surface area contributed by atoms with Crippen LogP contribution in [-0.4, -0.2) is 49.2 Å². The number of nitrogens with two attached hydrogens (primary N) is 1. The highest BCUT2D eigenvalue weighted by atomic mass is 32.1. The Morgan fingerprint density at radius 2 is 2.00 bits per heavy atom. The lowest BCUT2D eigenvalue weighted by Gasteiger charge is -2.17. The molecule has 0 radical (unpaired) electrons. The van der Waals surface area contributed by atoms with Crippen molar-refractivity contribution in [2.24, 2.45) is 5.73 Å². The van der Waals surface area contributed by atoms with Gasteiger partial charge in [-0.25, -0.2) is 0 Å². The summed E-state index contributed by atoms with van der Waals surface area (Å²) in [6, 6.07) is 7.01. The molecule has 20 heavy (non-hydrogen) atoms. The highest BCUT2D eigenvalue weighted by Crippen LogP contribution is 2.12. The van der Waals surface area contributed by atoms with Crippen molar-refractivity contribution < 1.29 is 14.3 Å². The van der Waals surface area contributed by atoms with Crippen molar-refractivity contribution in [3.63, 3.8) is 0 Å². The Bertz CT molecular complexity index is 448. The van der Waals surface area contributed by atoms with Crippen LogP contribution in [0.1, 0.15) is 12.5 Å². The molecule has 1 aromatic rings. The molecule has 1 aromatic carbocycles. The Balaban J connectivity index is 2.38. The van der Waals surface area contributed by atoms with Gasteiger partial charge >= 0.3 is 0 Å². The first-order chi connectivity index (χ1) is 9.54.